The molecule has 96 valence electrons. The van der Waals surface area contributed by atoms with E-state index >= 15 is 0 Å². The first-order chi connectivity index (χ1) is 9.17. The summed E-state index contributed by atoms with van der Waals surface area (Å²) in [7, 11) is 1.33. The smallest absolute Gasteiger partial charge is 0.327 e. The lowest BCUT2D eigenvalue weighted by molar-refractivity contribution is -0.141. The van der Waals surface area contributed by atoms with E-state index in [0.29, 0.717) is 11.3 Å². The van der Waals surface area contributed by atoms with Gasteiger partial charge in [-0.05, 0) is 13.0 Å². The quantitative estimate of drug-likeness (QED) is 0.850. The van der Waals surface area contributed by atoms with Gasteiger partial charge in [0.1, 0.15) is 12.1 Å². The van der Waals surface area contributed by atoms with E-state index in [-0.39, 0.29) is 5.97 Å². The molecule has 0 spiro atoms. The SMILES string of the molecule is COC(=O)C(C)Nc1c(C#N)cnc2ccccc12. The lowest BCUT2D eigenvalue weighted by Crippen LogP contribution is -2.27. The molecular formula is C14H13N3O2. The number of nitriles is 1. The third kappa shape index (κ3) is 2.47. The molecule has 0 amide bonds. The van der Waals surface area contributed by atoms with E-state index in [1.54, 1.807) is 6.92 Å². The van der Waals surface area contributed by atoms with Gasteiger partial charge in [0.2, 0.25) is 0 Å². The molecule has 1 aromatic heterocycles. The normalized spacial score (nSPS) is 11.6. The van der Waals surface area contributed by atoms with Gasteiger partial charge in [-0.25, -0.2) is 4.79 Å². The van der Waals surface area contributed by atoms with E-state index in [4.69, 9.17) is 5.26 Å². The molecule has 1 heterocycles. The van der Waals surface area contributed by atoms with Crippen LogP contribution >= 0.6 is 0 Å². The van der Waals surface area contributed by atoms with E-state index in [9.17, 15) is 4.79 Å². The number of esters is 1. The van der Waals surface area contributed by atoms with Gasteiger partial charge in [-0.15, -0.1) is 0 Å². The standard InChI is InChI=1S/C14H13N3O2/c1-9(14(18)19-2)17-13-10(7-15)8-16-12-6-4-3-5-11(12)13/h3-6,8-9H,1-2H3,(H,16,17). The van der Waals surface area contributed by atoms with Gasteiger partial charge < -0.3 is 10.1 Å². The maximum atomic E-state index is 11.5. The summed E-state index contributed by atoms with van der Waals surface area (Å²) in [5.74, 6) is -0.384. The van der Waals surface area contributed by atoms with Crippen LogP contribution in [-0.2, 0) is 9.53 Å². The predicted molar refractivity (Wildman–Crippen MR) is 71.6 cm³/mol. The molecule has 1 N–H and O–H groups in total. The molecule has 5 nitrogen and oxygen atoms in total. The second kappa shape index (κ2) is 5.36. The van der Waals surface area contributed by atoms with E-state index in [1.165, 1.54) is 13.3 Å². The van der Waals surface area contributed by atoms with E-state index < -0.39 is 6.04 Å². The van der Waals surface area contributed by atoms with Gasteiger partial charge in [0.25, 0.3) is 0 Å². The molecule has 1 atom stereocenters. The monoisotopic (exact) mass is 255 g/mol. The van der Waals surface area contributed by atoms with Gasteiger partial charge in [-0.3, -0.25) is 4.98 Å². The van der Waals surface area contributed by atoms with Crippen molar-refractivity contribution in [3.63, 3.8) is 0 Å². The van der Waals surface area contributed by atoms with Crippen molar-refractivity contribution in [2.45, 2.75) is 13.0 Å². The van der Waals surface area contributed by atoms with Crippen LogP contribution < -0.4 is 5.32 Å². The highest BCUT2D eigenvalue weighted by atomic mass is 16.5. The van der Waals surface area contributed by atoms with E-state index in [1.807, 2.05) is 24.3 Å². The second-order valence-corrected chi connectivity index (χ2v) is 4.07. The lowest BCUT2D eigenvalue weighted by atomic mass is 10.1. The fourth-order valence-electron chi connectivity index (χ4n) is 1.83. The Bertz CT molecular complexity index is 661. The highest BCUT2D eigenvalue weighted by molar-refractivity contribution is 5.95. The number of para-hydroxylation sites is 1. The number of rotatable bonds is 3. The molecule has 19 heavy (non-hydrogen) atoms. The Morgan fingerprint density at radius 3 is 2.89 bits per heavy atom. The van der Waals surface area contributed by atoms with Crippen LogP contribution in [0.5, 0.6) is 0 Å². The van der Waals surface area contributed by atoms with Crippen LogP contribution in [0.25, 0.3) is 10.9 Å². The fourth-order valence-corrected chi connectivity index (χ4v) is 1.83. The zero-order valence-corrected chi connectivity index (χ0v) is 10.7. The van der Waals surface area contributed by atoms with Gasteiger partial charge in [-0.2, -0.15) is 5.26 Å². The number of ether oxygens (including phenoxy) is 1. The van der Waals surface area contributed by atoms with Crippen LogP contribution in [0.15, 0.2) is 30.5 Å². The zero-order chi connectivity index (χ0) is 13.8. The van der Waals surface area contributed by atoms with Crippen LogP contribution in [0.3, 0.4) is 0 Å². The molecule has 0 saturated heterocycles. The Labute approximate surface area is 110 Å². The minimum atomic E-state index is -0.539. The van der Waals surface area contributed by atoms with E-state index in [0.717, 1.165) is 10.9 Å². The predicted octanol–water partition coefficient (Wildman–Crippen LogP) is 2.08. The largest absolute Gasteiger partial charge is 0.467 e. The maximum absolute atomic E-state index is 11.5. The molecule has 0 aliphatic carbocycles. The molecule has 0 aliphatic heterocycles. The fraction of sp³-hybridized carbons (Fsp3) is 0.214. The average molecular weight is 255 g/mol. The number of anilines is 1. The molecule has 0 fully saturated rings. The van der Waals surface area contributed by atoms with Gasteiger partial charge in [0.15, 0.2) is 0 Å². The van der Waals surface area contributed by atoms with Crippen molar-refractivity contribution in [3.05, 3.63) is 36.0 Å². The molecule has 0 bridgehead atoms. The highest BCUT2D eigenvalue weighted by Gasteiger charge is 2.16. The van der Waals surface area contributed by atoms with Crippen molar-refractivity contribution < 1.29 is 9.53 Å². The molecule has 0 aliphatic rings. The third-order valence-corrected chi connectivity index (χ3v) is 2.81. The van der Waals surface area contributed by atoms with Crippen molar-refractivity contribution in [2.75, 3.05) is 12.4 Å². The first-order valence-electron chi connectivity index (χ1n) is 5.79. The van der Waals surface area contributed by atoms with E-state index in [2.05, 4.69) is 21.1 Å². The Balaban J connectivity index is 2.51. The molecule has 2 rings (SSSR count). The summed E-state index contributed by atoms with van der Waals surface area (Å²) in [5, 5.41) is 13.0. The summed E-state index contributed by atoms with van der Waals surface area (Å²) < 4.78 is 4.67. The third-order valence-electron chi connectivity index (χ3n) is 2.81. The minimum Gasteiger partial charge on any atom is -0.467 e. The molecular weight excluding hydrogens is 242 g/mol. The van der Waals surface area contributed by atoms with Crippen molar-refractivity contribution in [2.24, 2.45) is 0 Å². The topological polar surface area (TPSA) is 75.0 Å². The zero-order valence-electron chi connectivity index (χ0n) is 10.7. The number of pyridine rings is 1. The number of nitrogens with zero attached hydrogens (tertiary/aromatic N) is 2. The van der Waals surface area contributed by atoms with Crippen molar-refractivity contribution in [3.8, 4) is 6.07 Å². The van der Waals surface area contributed by atoms with Crippen LogP contribution in [0, 0.1) is 11.3 Å². The molecule has 5 heteroatoms. The minimum absolute atomic E-state index is 0.384. The van der Waals surface area contributed by atoms with Gasteiger partial charge in [0, 0.05) is 11.6 Å². The van der Waals surface area contributed by atoms with Gasteiger partial charge in [-0.1, -0.05) is 18.2 Å². The summed E-state index contributed by atoms with van der Waals surface area (Å²) in [6.07, 6.45) is 1.49. The molecule has 0 saturated carbocycles. The first kappa shape index (κ1) is 12.8. The number of carbonyl (C=O) groups excluding carboxylic acids is 1. The Kier molecular flexibility index (Phi) is 3.62. The number of fused-ring (bicyclic) bond motifs is 1. The van der Waals surface area contributed by atoms with Crippen LogP contribution in [-0.4, -0.2) is 24.1 Å². The van der Waals surface area contributed by atoms with Crippen LogP contribution in [0.4, 0.5) is 5.69 Å². The Morgan fingerprint density at radius 2 is 2.21 bits per heavy atom. The van der Waals surface area contributed by atoms with Crippen molar-refractivity contribution in [1.82, 2.24) is 4.98 Å². The number of benzene rings is 1. The maximum Gasteiger partial charge on any atom is 0.327 e. The van der Waals surface area contributed by atoms with Crippen LogP contribution in [0.1, 0.15) is 12.5 Å². The van der Waals surface area contributed by atoms with Gasteiger partial charge >= 0.3 is 5.97 Å². The number of carbonyl (C=O) groups is 1. The Morgan fingerprint density at radius 1 is 1.47 bits per heavy atom. The number of nitrogens with one attached hydrogen (secondary N) is 1. The van der Waals surface area contributed by atoms with Gasteiger partial charge in [0.05, 0.1) is 23.9 Å². The Hall–Kier alpha value is -2.61. The summed E-state index contributed by atoms with van der Waals surface area (Å²) in [4.78, 5) is 15.7. The summed E-state index contributed by atoms with van der Waals surface area (Å²) >= 11 is 0. The summed E-state index contributed by atoms with van der Waals surface area (Å²) in [5.41, 5.74) is 1.77. The average Bonchev–Trinajstić information content (AvgIpc) is 2.46. The van der Waals surface area contributed by atoms with Crippen molar-refractivity contribution in [1.29, 1.82) is 5.26 Å². The molecule has 0 radical (unpaired) electrons. The summed E-state index contributed by atoms with van der Waals surface area (Å²) in [6.45, 7) is 1.68. The lowest BCUT2D eigenvalue weighted by Gasteiger charge is -2.15. The second-order valence-electron chi connectivity index (χ2n) is 4.07. The van der Waals surface area contributed by atoms with Crippen LogP contribution in [0.2, 0.25) is 0 Å². The van der Waals surface area contributed by atoms with Crippen molar-refractivity contribution >= 4 is 22.6 Å². The number of methoxy groups -OCH3 is 1. The molecule has 1 unspecified atom stereocenters. The first-order valence-corrected chi connectivity index (χ1v) is 5.79. The molecule has 2 aromatic rings. The molecule has 1 aromatic carbocycles. The summed E-state index contributed by atoms with van der Waals surface area (Å²) in [6, 6.07) is 8.97. The highest BCUT2D eigenvalue weighted by Crippen LogP contribution is 2.26. The number of hydrogen-bond donors (Lipinski definition) is 1. The number of aromatic nitrogens is 1. The number of hydrogen-bond acceptors (Lipinski definition) is 5.